The molecule has 2 aromatic heterocycles. The van der Waals surface area contributed by atoms with Gasteiger partial charge in [0.2, 0.25) is 0 Å². The first-order valence-electron chi connectivity index (χ1n) is 12.0. The topological polar surface area (TPSA) is 125 Å². The van der Waals surface area contributed by atoms with Crippen LogP contribution in [0.25, 0.3) is 21.8 Å². The molecule has 0 radical (unpaired) electrons. The van der Waals surface area contributed by atoms with Gasteiger partial charge in [0.25, 0.3) is 0 Å². The van der Waals surface area contributed by atoms with E-state index < -0.39 is 5.97 Å². The van der Waals surface area contributed by atoms with Crippen molar-refractivity contribution in [2.45, 2.75) is 32.6 Å². The van der Waals surface area contributed by atoms with Crippen LogP contribution in [0.5, 0.6) is 5.75 Å². The first kappa shape index (κ1) is 26.4. The van der Waals surface area contributed by atoms with Crippen LogP contribution in [0.2, 0.25) is 0 Å². The molecule has 0 aliphatic rings. The van der Waals surface area contributed by atoms with Crippen molar-refractivity contribution >= 4 is 41.5 Å². The van der Waals surface area contributed by atoms with Crippen molar-refractivity contribution in [3.05, 3.63) is 70.9 Å². The summed E-state index contributed by atoms with van der Waals surface area (Å²) in [6.45, 7) is 3.09. The van der Waals surface area contributed by atoms with Crippen LogP contribution >= 0.6 is 7.92 Å². The number of aliphatic carboxylic acids is 1. The number of aromatic nitrogens is 2. The van der Waals surface area contributed by atoms with Gasteiger partial charge in [0.15, 0.2) is 5.82 Å². The van der Waals surface area contributed by atoms with E-state index in [2.05, 4.69) is 34.7 Å². The Labute approximate surface area is 216 Å². The molecule has 4 aromatic rings. The van der Waals surface area contributed by atoms with Gasteiger partial charge in [-0.1, -0.05) is 12.1 Å². The third kappa shape index (κ3) is 6.95. The maximum atomic E-state index is 10.9. The number of ether oxygens (including phenoxy) is 2. The van der Waals surface area contributed by atoms with Gasteiger partial charge in [-0.15, -0.1) is 0 Å². The second kappa shape index (κ2) is 12.5. The molecule has 0 fully saturated rings. The summed E-state index contributed by atoms with van der Waals surface area (Å²) in [6, 6.07) is 14.0. The van der Waals surface area contributed by atoms with Crippen molar-refractivity contribution in [2.75, 3.05) is 25.6 Å². The molecule has 190 valence electrons. The molecular formula is C28H28N3O5P. The van der Waals surface area contributed by atoms with Gasteiger partial charge < -0.3 is 10.8 Å². The third-order valence-electron chi connectivity index (χ3n) is 6.13. The summed E-state index contributed by atoms with van der Waals surface area (Å²) in [6.07, 6.45) is 4.02. The summed E-state index contributed by atoms with van der Waals surface area (Å²) < 4.78 is 21.3. The fraction of sp³-hybridized carbons (Fsp3) is 0.286. The summed E-state index contributed by atoms with van der Waals surface area (Å²) in [5.41, 5.74) is 14.5. The molecular weight excluding hydrogens is 489 g/mol. The minimum atomic E-state index is -0.826. The minimum absolute atomic E-state index is 0.0716. The Kier molecular flexibility index (Phi) is 8.91. The van der Waals surface area contributed by atoms with Crippen LogP contribution < -0.4 is 10.5 Å². The summed E-state index contributed by atoms with van der Waals surface area (Å²) in [5.74, 6) is 0.319. The number of anilines is 1. The first-order chi connectivity index (χ1) is 17.9. The average molecular weight is 518 g/mol. The van der Waals surface area contributed by atoms with Gasteiger partial charge in [0.1, 0.15) is 5.52 Å². The summed E-state index contributed by atoms with van der Waals surface area (Å²) in [5, 5.41) is 10.9. The Hall–Kier alpha value is -3.70. The molecule has 0 saturated heterocycles. The summed E-state index contributed by atoms with van der Waals surface area (Å²) in [7, 11) is -0.153. The first-order valence-corrected chi connectivity index (χ1v) is 12.8. The molecule has 0 amide bonds. The van der Waals surface area contributed by atoms with E-state index in [1.807, 2.05) is 36.5 Å². The molecule has 0 bridgehead atoms. The second-order valence-electron chi connectivity index (χ2n) is 8.72. The SMILES string of the molecule is Cc1cc(OCCOCC#P=O)ccc1CCc1cnc2c(N)nc3cc(CCC(=O)O)ccc3c2c1. The molecule has 4 rings (SSSR count). The van der Waals surface area contributed by atoms with Gasteiger partial charge in [-0.3, -0.25) is 9.78 Å². The van der Waals surface area contributed by atoms with Gasteiger partial charge in [0.05, 0.1) is 5.52 Å². The van der Waals surface area contributed by atoms with E-state index in [-0.39, 0.29) is 20.9 Å². The number of pyridine rings is 2. The van der Waals surface area contributed by atoms with Crippen molar-refractivity contribution in [3.63, 3.8) is 0 Å². The third-order valence-corrected chi connectivity index (χ3v) is 6.39. The van der Waals surface area contributed by atoms with Crippen molar-refractivity contribution in [3.8, 4) is 11.4 Å². The van der Waals surface area contributed by atoms with E-state index in [1.54, 1.807) is 0 Å². The van der Waals surface area contributed by atoms with Gasteiger partial charge in [-0.05, 0) is 29.7 Å². The van der Waals surface area contributed by atoms with Gasteiger partial charge in [-0.2, -0.15) is 0 Å². The Morgan fingerprint density at radius 1 is 1.05 bits per heavy atom. The van der Waals surface area contributed by atoms with Crippen molar-refractivity contribution < 1.29 is 23.9 Å². The molecule has 2 heterocycles. The number of nitrogens with two attached hydrogens (primary N) is 1. The van der Waals surface area contributed by atoms with Crippen LogP contribution in [-0.4, -0.2) is 40.9 Å². The smallest absolute Gasteiger partial charge is 0.481 e. The van der Waals surface area contributed by atoms with E-state index in [1.165, 1.54) is 5.56 Å². The number of carboxylic acid groups (broad SMARTS) is 1. The Morgan fingerprint density at radius 3 is 2.70 bits per heavy atom. The number of hydrogen-bond donors (Lipinski definition) is 2. The van der Waals surface area contributed by atoms with E-state index in [0.29, 0.717) is 31.0 Å². The van der Waals surface area contributed by atoms with Crippen LogP contribution in [0.4, 0.5) is 5.82 Å². The van der Waals surface area contributed by atoms with Gasteiger partial charge in [0, 0.05) is 23.4 Å². The number of rotatable bonds is 11. The number of carbonyl (C=O) groups is 1. The monoisotopic (exact) mass is 517 g/mol. The van der Waals surface area contributed by atoms with Crippen LogP contribution in [0.3, 0.4) is 0 Å². The van der Waals surface area contributed by atoms with Crippen LogP contribution in [0, 0.1) is 12.6 Å². The average Bonchev–Trinajstić information content (AvgIpc) is 2.88. The van der Waals surface area contributed by atoms with Crippen molar-refractivity contribution in [2.24, 2.45) is 0 Å². The van der Waals surface area contributed by atoms with E-state index in [9.17, 15) is 9.36 Å². The number of benzene rings is 2. The molecule has 0 aliphatic heterocycles. The zero-order chi connectivity index (χ0) is 26.2. The fourth-order valence-corrected chi connectivity index (χ4v) is 4.37. The fourth-order valence-electron chi connectivity index (χ4n) is 4.22. The molecule has 0 saturated carbocycles. The Morgan fingerprint density at radius 2 is 1.92 bits per heavy atom. The zero-order valence-electron chi connectivity index (χ0n) is 20.6. The molecule has 37 heavy (non-hydrogen) atoms. The summed E-state index contributed by atoms with van der Waals surface area (Å²) in [4.78, 5) is 20.0. The molecule has 8 nitrogen and oxygen atoms in total. The van der Waals surface area contributed by atoms with E-state index >= 15 is 0 Å². The summed E-state index contributed by atoms with van der Waals surface area (Å²) >= 11 is 0. The van der Waals surface area contributed by atoms with Crippen LogP contribution in [-0.2, 0) is 33.4 Å². The second-order valence-corrected chi connectivity index (χ2v) is 9.22. The predicted octanol–water partition coefficient (Wildman–Crippen LogP) is 5.12. The van der Waals surface area contributed by atoms with Crippen molar-refractivity contribution in [1.29, 1.82) is 0 Å². The Balaban J connectivity index is 1.46. The number of hydrogen-bond acceptors (Lipinski definition) is 7. The molecule has 2 aromatic carbocycles. The van der Waals surface area contributed by atoms with Crippen LogP contribution in [0.15, 0.2) is 48.7 Å². The molecule has 9 heteroatoms. The molecule has 0 spiro atoms. The molecule has 0 unspecified atom stereocenters. The number of carboxylic acids is 1. The maximum absolute atomic E-state index is 10.9. The zero-order valence-corrected chi connectivity index (χ0v) is 21.5. The molecule has 0 atom stereocenters. The van der Waals surface area contributed by atoms with E-state index in [0.717, 1.165) is 51.6 Å². The van der Waals surface area contributed by atoms with Crippen molar-refractivity contribution in [1.82, 2.24) is 9.97 Å². The number of nitrogens with zero attached hydrogens (tertiary/aromatic N) is 2. The molecule has 3 N–H and O–H groups in total. The number of fused-ring (bicyclic) bond motifs is 3. The van der Waals surface area contributed by atoms with Gasteiger partial charge in [-0.25, -0.2) is 4.98 Å². The predicted molar refractivity (Wildman–Crippen MR) is 144 cm³/mol. The standard InChI is InChI=1S/C28H28N3O5P/c1-18-14-22(36-11-10-35-12-13-37-34)7-6-21(18)5-2-20-15-24-23-8-3-19(4-9-26(32)33)16-25(23)31-28(29)27(24)30-17-20/h3,6-8,14-17H,2,4-5,9-12H2,1H3,(H2,29,31)(H,32,33). The van der Waals surface area contributed by atoms with Gasteiger partial charge >= 0.3 is 108 Å². The minimum Gasteiger partial charge on any atom is -0.481 e. The van der Waals surface area contributed by atoms with Crippen LogP contribution in [0.1, 0.15) is 28.7 Å². The van der Waals surface area contributed by atoms with E-state index in [4.69, 9.17) is 20.3 Å². The quantitative estimate of drug-likeness (QED) is 0.160. The Bertz CT molecular complexity index is 1550. The number of nitrogen functional groups attached to an aromatic ring is 1. The normalized spacial score (nSPS) is 10.9. The molecule has 0 aliphatic carbocycles. The number of aryl methyl sites for hydroxylation is 4.